The molecule has 0 radical (unpaired) electrons. The lowest BCUT2D eigenvalue weighted by atomic mass is 9.95. The Balaban J connectivity index is 1.40. The number of amidine groups is 1. The van der Waals surface area contributed by atoms with Crippen LogP contribution in [0.25, 0.3) is 5.70 Å². The number of methoxy groups -OCH3 is 1. The van der Waals surface area contributed by atoms with Crippen molar-refractivity contribution >= 4 is 17.2 Å². The van der Waals surface area contributed by atoms with Gasteiger partial charge in [0.2, 0.25) is 0 Å². The van der Waals surface area contributed by atoms with Gasteiger partial charge in [-0.25, -0.2) is 9.37 Å². The standard InChI is InChI=1S/C28H34FN5O3/c1-21-19-34(20-31-21)24-4-3-10-27(35-2,11-9-24)18-25-26(30-14-17-37-25)33-28(12-15-36-16-13-28)32-23-7-5-22(29)6-8-23/h4-9,11,18-20,32H,3,10,12-17H2,1-2H3,(H,30,33)/b25-18-. The average molecular weight is 508 g/mol. The summed E-state index contributed by atoms with van der Waals surface area (Å²) in [6, 6.07) is 6.39. The summed E-state index contributed by atoms with van der Waals surface area (Å²) in [5.74, 6) is 1.07. The van der Waals surface area contributed by atoms with E-state index in [0.29, 0.717) is 50.8 Å². The number of benzene rings is 1. The van der Waals surface area contributed by atoms with Crippen LogP contribution in [-0.4, -0.2) is 60.1 Å². The smallest absolute Gasteiger partial charge is 0.165 e. The van der Waals surface area contributed by atoms with Crippen molar-refractivity contribution in [1.82, 2.24) is 14.9 Å². The molecule has 1 fully saturated rings. The van der Waals surface area contributed by atoms with Crippen molar-refractivity contribution in [1.29, 1.82) is 0 Å². The Morgan fingerprint density at radius 2 is 1.92 bits per heavy atom. The van der Waals surface area contributed by atoms with Gasteiger partial charge in [0.25, 0.3) is 0 Å². The van der Waals surface area contributed by atoms with Gasteiger partial charge >= 0.3 is 0 Å². The summed E-state index contributed by atoms with van der Waals surface area (Å²) in [5, 5.41) is 7.20. The summed E-state index contributed by atoms with van der Waals surface area (Å²) >= 11 is 0. The second-order valence-corrected chi connectivity index (χ2v) is 9.62. The topological polar surface area (TPSA) is 81.9 Å². The molecule has 0 amide bonds. The van der Waals surface area contributed by atoms with Gasteiger partial charge in [0.05, 0.1) is 31.8 Å². The van der Waals surface area contributed by atoms with Gasteiger partial charge < -0.3 is 29.4 Å². The van der Waals surface area contributed by atoms with Crippen molar-refractivity contribution in [2.75, 3.05) is 38.8 Å². The lowest BCUT2D eigenvalue weighted by Crippen LogP contribution is -2.58. The highest BCUT2D eigenvalue weighted by molar-refractivity contribution is 5.98. The van der Waals surface area contributed by atoms with Gasteiger partial charge in [-0.1, -0.05) is 6.08 Å². The fraction of sp³-hybridized carbons (Fsp3) is 0.429. The lowest BCUT2D eigenvalue weighted by molar-refractivity contribution is 0.0540. The van der Waals surface area contributed by atoms with E-state index < -0.39 is 11.3 Å². The van der Waals surface area contributed by atoms with E-state index in [1.165, 1.54) is 12.1 Å². The number of hydrogen-bond donors (Lipinski definition) is 2. The molecule has 1 aliphatic carbocycles. The number of nitrogens with one attached hydrogen (secondary N) is 2. The van der Waals surface area contributed by atoms with Gasteiger partial charge in [-0.3, -0.25) is 4.99 Å². The van der Waals surface area contributed by atoms with Crippen LogP contribution in [0.5, 0.6) is 0 Å². The van der Waals surface area contributed by atoms with Gasteiger partial charge in [-0.15, -0.1) is 0 Å². The molecule has 2 aromatic rings. The number of aliphatic imine (C=N–C) groups is 1. The second-order valence-electron chi connectivity index (χ2n) is 9.62. The minimum Gasteiger partial charge on any atom is -0.488 e. The Bertz CT molecular complexity index is 1210. The molecule has 0 bridgehead atoms. The highest BCUT2D eigenvalue weighted by atomic mass is 19.1. The van der Waals surface area contributed by atoms with Crippen LogP contribution in [0.3, 0.4) is 0 Å². The molecule has 1 aromatic carbocycles. The number of ether oxygens (including phenoxy) is 3. The summed E-state index contributed by atoms with van der Waals surface area (Å²) in [6.45, 7) is 4.23. The predicted molar refractivity (Wildman–Crippen MR) is 142 cm³/mol. The highest BCUT2D eigenvalue weighted by Gasteiger charge is 2.36. The fourth-order valence-electron chi connectivity index (χ4n) is 4.86. The van der Waals surface area contributed by atoms with Crippen LogP contribution in [0, 0.1) is 12.7 Å². The third-order valence-electron chi connectivity index (χ3n) is 6.97. The molecular formula is C28H34FN5O3. The number of nitrogens with zero attached hydrogens (tertiary/aromatic N) is 3. The average Bonchev–Trinajstić information content (AvgIpc) is 3.23. The molecule has 1 atom stereocenters. The SMILES string of the molecule is COC1(/C=C2\OCCN=C2NC2(Nc3ccc(F)cc3)CCOCC2)C=CC(n2cnc(C)c2)=CCC1. The largest absolute Gasteiger partial charge is 0.488 e. The third kappa shape index (κ3) is 5.94. The van der Waals surface area contributed by atoms with E-state index in [2.05, 4.69) is 33.8 Å². The number of aromatic nitrogens is 2. The zero-order chi connectivity index (χ0) is 25.7. The number of anilines is 1. The summed E-state index contributed by atoms with van der Waals surface area (Å²) in [5.41, 5.74) is 1.68. The Morgan fingerprint density at radius 3 is 2.65 bits per heavy atom. The Kier molecular flexibility index (Phi) is 7.43. The van der Waals surface area contributed by atoms with E-state index >= 15 is 0 Å². The monoisotopic (exact) mass is 507 g/mol. The van der Waals surface area contributed by atoms with E-state index in [1.807, 2.05) is 30.1 Å². The molecule has 1 aromatic heterocycles. The quantitative estimate of drug-likeness (QED) is 0.563. The summed E-state index contributed by atoms with van der Waals surface area (Å²) in [6.07, 6.45) is 15.2. The normalized spacial score (nSPS) is 24.6. The minimum absolute atomic E-state index is 0.267. The Labute approximate surface area is 216 Å². The molecule has 3 heterocycles. The first-order valence-corrected chi connectivity index (χ1v) is 12.7. The fourth-order valence-corrected chi connectivity index (χ4v) is 4.86. The Morgan fingerprint density at radius 1 is 1.11 bits per heavy atom. The molecule has 3 aliphatic rings. The first-order valence-electron chi connectivity index (χ1n) is 12.7. The van der Waals surface area contributed by atoms with Crippen LogP contribution in [0.1, 0.15) is 31.4 Å². The molecular weight excluding hydrogens is 473 g/mol. The first-order chi connectivity index (χ1) is 18.0. The molecule has 0 saturated carbocycles. The number of rotatable bonds is 6. The molecule has 1 unspecified atom stereocenters. The van der Waals surface area contributed by atoms with Crippen LogP contribution < -0.4 is 10.6 Å². The molecule has 8 nitrogen and oxygen atoms in total. The third-order valence-corrected chi connectivity index (χ3v) is 6.97. The summed E-state index contributed by atoms with van der Waals surface area (Å²) in [4.78, 5) is 9.14. The molecule has 2 aliphatic heterocycles. The summed E-state index contributed by atoms with van der Waals surface area (Å²) < 4.78 is 33.4. The molecule has 5 rings (SSSR count). The van der Waals surface area contributed by atoms with Gasteiger partial charge in [0.1, 0.15) is 23.7 Å². The summed E-state index contributed by atoms with van der Waals surface area (Å²) in [7, 11) is 1.72. The van der Waals surface area contributed by atoms with Crippen molar-refractivity contribution in [3.8, 4) is 0 Å². The van der Waals surface area contributed by atoms with Gasteiger partial charge in [-0.05, 0) is 62.3 Å². The Hall–Kier alpha value is -3.43. The van der Waals surface area contributed by atoms with Gasteiger partial charge in [0, 0.05) is 37.5 Å². The number of halogens is 1. The van der Waals surface area contributed by atoms with Crippen LogP contribution >= 0.6 is 0 Å². The van der Waals surface area contributed by atoms with Crippen molar-refractivity contribution in [3.05, 3.63) is 78.4 Å². The van der Waals surface area contributed by atoms with Gasteiger partial charge in [-0.2, -0.15) is 0 Å². The van der Waals surface area contributed by atoms with Crippen LogP contribution in [0.2, 0.25) is 0 Å². The van der Waals surface area contributed by atoms with Crippen LogP contribution in [-0.2, 0) is 14.2 Å². The first kappa shape index (κ1) is 25.2. The molecule has 1 saturated heterocycles. The van der Waals surface area contributed by atoms with Crippen LogP contribution in [0.15, 0.2) is 71.8 Å². The highest BCUT2D eigenvalue weighted by Crippen LogP contribution is 2.30. The molecule has 37 heavy (non-hydrogen) atoms. The predicted octanol–water partition coefficient (Wildman–Crippen LogP) is 4.43. The minimum atomic E-state index is -0.657. The molecule has 196 valence electrons. The van der Waals surface area contributed by atoms with E-state index in [-0.39, 0.29) is 5.82 Å². The maximum absolute atomic E-state index is 13.5. The maximum Gasteiger partial charge on any atom is 0.165 e. The zero-order valence-electron chi connectivity index (χ0n) is 21.4. The van der Waals surface area contributed by atoms with Gasteiger partial charge in [0.15, 0.2) is 11.6 Å². The van der Waals surface area contributed by atoms with E-state index in [4.69, 9.17) is 19.2 Å². The zero-order valence-corrected chi connectivity index (χ0v) is 21.4. The number of hydrogen-bond acceptors (Lipinski definition) is 7. The van der Waals surface area contributed by atoms with Crippen molar-refractivity contribution in [2.45, 2.75) is 43.9 Å². The molecule has 0 spiro atoms. The lowest BCUT2D eigenvalue weighted by Gasteiger charge is -2.41. The second kappa shape index (κ2) is 10.9. The van der Waals surface area contributed by atoms with Crippen molar-refractivity contribution in [3.63, 3.8) is 0 Å². The van der Waals surface area contributed by atoms with Crippen molar-refractivity contribution in [2.24, 2.45) is 4.99 Å². The molecule has 9 heteroatoms. The van der Waals surface area contributed by atoms with Crippen LogP contribution in [0.4, 0.5) is 10.1 Å². The molecule has 2 N–H and O–H groups in total. The van der Waals surface area contributed by atoms with E-state index in [9.17, 15) is 4.39 Å². The maximum atomic E-state index is 13.5. The van der Waals surface area contributed by atoms with Crippen molar-refractivity contribution < 1.29 is 18.6 Å². The van der Waals surface area contributed by atoms with E-state index in [1.54, 1.807) is 19.2 Å². The van der Waals surface area contributed by atoms with E-state index in [0.717, 1.165) is 29.9 Å². The number of imidazole rings is 1. The number of aryl methyl sites for hydroxylation is 1. The number of allylic oxidation sites excluding steroid dienone is 3.